The van der Waals surface area contributed by atoms with Crippen LogP contribution in [0.25, 0.3) is 0 Å². The van der Waals surface area contributed by atoms with Crippen LogP contribution in [0.5, 0.6) is 5.75 Å². The van der Waals surface area contributed by atoms with Gasteiger partial charge < -0.3 is 0 Å². The lowest BCUT2D eigenvalue weighted by atomic mass is 10.1. The normalized spacial score (nSPS) is 9.89. The first-order chi connectivity index (χ1) is 8.65. The van der Waals surface area contributed by atoms with Crippen molar-refractivity contribution in [2.24, 2.45) is 0 Å². The van der Waals surface area contributed by atoms with Gasteiger partial charge >= 0.3 is 5.97 Å². The summed E-state index contributed by atoms with van der Waals surface area (Å²) in [5.41, 5.74) is 1.37. The first kappa shape index (κ1) is 14.3. The molecule has 0 aliphatic rings. The second kappa shape index (κ2) is 7.54. The monoisotopic (exact) mass is 248 g/mol. The summed E-state index contributed by atoms with van der Waals surface area (Å²) >= 11 is 0. The van der Waals surface area contributed by atoms with Gasteiger partial charge in [-0.3, -0.25) is 4.89 Å². The van der Waals surface area contributed by atoms with Crippen molar-refractivity contribution in [2.75, 3.05) is 0 Å². The molecule has 0 aliphatic carbocycles. The molecule has 0 spiro atoms. The molecule has 0 saturated carbocycles. The van der Waals surface area contributed by atoms with Crippen LogP contribution in [0.1, 0.15) is 38.7 Å². The number of carbonyl (C=O) groups is 1. The van der Waals surface area contributed by atoms with Gasteiger partial charge in [0.1, 0.15) is 0 Å². The molecule has 1 aromatic carbocycles. The molecule has 3 nitrogen and oxygen atoms in total. The van der Waals surface area contributed by atoms with Crippen molar-refractivity contribution in [3.8, 4) is 5.75 Å². The van der Waals surface area contributed by atoms with Crippen LogP contribution >= 0.6 is 0 Å². The lowest BCUT2D eigenvalue weighted by molar-refractivity contribution is -0.208. The van der Waals surface area contributed by atoms with E-state index >= 15 is 0 Å². The Morgan fingerprint density at radius 1 is 1.28 bits per heavy atom. The quantitative estimate of drug-likeness (QED) is 0.318. The summed E-state index contributed by atoms with van der Waals surface area (Å²) in [4.78, 5) is 21.0. The Morgan fingerprint density at radius 2 is 2.00 bits per heavy atom. The average Bonchev–Trinajstić information content (AvgIpc) is 2.37. The number of unbranched alkanes of at least 4 members (excludes halogenated alkanes) is 2. The van der Waals surface area contributed by atoms with Gasteiger partial charge in [0.15, 0.2) is 5.75 Å². The Morgan fingerprint density at radius 3 is 2.67 bits per heavy atom. The van der Waals surface area contributed by atoms with Gasteiger partial charge in [-0.1, -0.05) is 44.5 Å². The van der Waals surface area contributed by atoms with Crippen LogP contribution in [0.3, 0.4) is 0 Å². The highest BCUT2D eigenvalue weighted by molar-refractivity contribution is 5.86. The minimum absolute atomic E-state index is 0.318. The van der Waals surface area contributed by atoms with E-state index in [1.54, 1.807) is 13.0 Å². The van der Waals surface area contributed by atoms with Crippen LogP contribution < -0.4 is 4.89 Å². The minimum Gasteiger partial charge on any atom is -0.286 e. The summed E-state index contributed by atoms with van der Waals surface area (Å²) in [6.07, 6.45) is 4.38. The van der Waals surface area contributed by atoms with Crippen LogP contribution in [0.15, 0.2) is 36.4 Å². The summed E-state index contributed by atoms with van der Waals surface area (Å²) < 4.78 is 0. The van der Waals surface area contributed by atoms with Gasteiger partial charge in [0.25, 0.3) is 0 Å². The molecule has 0 N–H and O–H groups in total. The van der Waals surface area contributed by atoms with Crippen molar-refractivity contribution in [1.82, 2.24) is 0 Å². The topological polar surface area (TPSA) is 35.5 Å². The van der Waals surface area contributed by atoms with Gasteiger partial charge in [0, 0.05) is 5.57 Å². The van der Waals surface area contributed by atoms with Crippen molar-refractivity contribution in [3.05, 3.63) is 42.0 Å². The SMILES string of the molecule is C=C(C)C(=O)OOc1ccccc1CCCCC. The second-order valence-electron chi connectivity index (χ2n) is 4.30. The number of benzene rings is 1. The molecule has 98 valence electrons. The predicted octanol–water partition coefficient (Wildman–Crippen LogP) is 3.83. The first-order valence-corrected chi connectivity index (χ1v) is 6.27. The van der Waals surface area contributed by atoms with E-state index in [0.717, 1.165) is 18.4 Å². The number of para-hydroxylation sites is 1. The highest BCUT2D eigenvalue weighted by atomic mass is 17.2. The average molecular weight is 248 g/mol. The zero-order valence-electron chi connectivity index (χ0n) is 11.1. The van der Waals surface area contributed by atoms with Crippen molar-refractivity contribution < 1.29 is 14.6 Å². The third kappa shape index (κ3) is 4.62. The fourth-order valence-corrected chi connectivity index (χ4v) is 1.51. The second-order valence-corrected chi connectivity index (χ2v) is 4.30. The van der Waals surface area contributed by atoms with E-state index < -0.39 is 5.97 Å². The smallest absolute Gasteiger partial charge is 0.286 e. The van der Waals surface area contributed by atoms with E-state index in [-0.39, 0.29) is 0 Å². The number of aryl methyl sites for hydroxylation is 1. The van der Waals surface area contributed by atoms with Crippen LogP contribution in [-0.4, -0.2) is 5.97 Å². The molecule has 0 aromatic heterocycles. The molecular weight excluding hydrogens is 228 g/mol. The molecule has 0 radical (unpaired) electrons. The summed E-state index contributed by atoms with van der Waals surface area (Å²) in [6.45, 7) is 7.24. The maximum Gasteiger partial charge on any atom is 0.381 e. The predicted molar refractivity (Wildman–Crippen MR) is 71.2 cm³/mol. The molecule has 1 rings (SSSR count). The number of hydrogen-bond donors (Lipinski definition) is 0. The van der Waals surface area contributed by atoms with E-state index in [9.17, 15) is 4.79 Å². The van der Waals surface area contributed by atoms with Gasteiger partial charge in [-0.2, -0.15) is 0 Å². The van der Waals surface area contributed by atoms with Crippen molar-refractivity contribution >= 4 is 5.97 Å². The van der Waals surface area contributed by atoms with E-state index in [1.165, 1.54) is 12.8 Å². The zero-order valence-corrected chi connectivity index (χ0v) is 11.1. The number of rotatable bonds is 7. The molecular formula is C15H20O3. The largest absolute Gasteiger partial charge is 0.381 e. The Labute approximate surface area is 108 Å². The van der Waals surface area contributed by atoms with Crippen molar-refractivity contribution in [3.63, 3.8) is 0 Å². The fourth-order valence-electron chi connectivity index (χ4n) is 1.51. The minimum atomic E-state index is -0.543. The van der Waals surface area contributed by atoms with E-state index in [2.05, 4.69) is 13.5 Å². The Bertz CT molecular complexity index is 410. The number of hydrogen-bond acceptors (Lipinski definition) is 3. The van der Waals surface area contributed by atoms with E-state index in [0.29, 0.717) is 11.3 Å². The zero-order chi connectivity index (χ0) is 13.4. The molecule has 0 bridgehead atoms. The third-order valence-corrected chi connectivity index (χ3v) is 2.58. The maximum absolute atomic E-state index is 11.2. The maximum atomic E-state index is 11.2. The van der Waals surface area contributed by atoms with Crippen LogP contribution in [-0.2, 0) is 16.1 Å². The van der Waals surface area contributed by atoms with Gasteiger partial charge in [-0.15, -0.1) is 0 Å². The summed E-state index contributed by atoms with van der Waals surface area (Å²) in [6, 6.07) is 7.59. The summed E-state index contributed by atoms with van der Waals surface area (Å²) in [5.74, 6) is 0.0570. The Kier molecular flexibility index (Phi) is 5.98. The highest BCUT2D eigenvalue weighted by Gasteiger charge is 2.08. The molecule has 0 aliphatic heterocycles. The fraction of sp³-hybridized carbons (Fsp3) is 0.400. The summed E-state index contributed by atoms with van der Waals surface area (Å²) in [5, 5.41) is 0. The van der Waals surface area contributed by atoms with E-state index in [1.807, 2.05) is 18.2 Å². The third-order valence-electron chi connectivity index (χ3n) is 2.58. The molecule has 0 heterocycles. The number of carbonyl (C=O) groups excluding carboxylic acids is 1. The van der Waals surface area contributed by atoms with Crippen LogP contribution in [0.4, 0.5) is 0 Å². The summed E-state index contributed by atoms with van der Waals surface area (Å²) in [7, 11) is 0. The molecule has 3 heteroatoms. The van der Waals surface area contributed by atoms with Gasteiger partial charge in [-0.05, 0) is 31.4 Å². The first-order valence-electron chi connectivity index (χ1n) is 6.27. The molecule has 0 unspecified atom stereocenters. The van der Waals surface area contributed by atoms with Crippen molar-refractivity contribution in [2.45, 2.75) is 39.5 Å². The molecule has 0 fully saturated rings. The van der Waals surface area contributed by atoms with Crippen LogP contribution in [0, 0.1) is 0 Å². The molecule has 1 aromatic rings. The van der Waals surface area contributed by atoms with Gasteiger partial charge in [0.2, 0.25) is 0 Å². The highest BCUT2D eigenvalue weighted by Crippen LogP contribution is 2.20. The lowest BCUT2D eigenvalue weighted by Crippen LogP contribution is -2.09. The Hall–Kier alpha value is -1.77. The van der Waals surface area contributed by atoms with E-state index in [4.69, 9.17) is 9.78 Å². The molecule has 0 saturated heterocycles. The van der Waals surface area contributed by atoms with Gasteiger partial charge in [0.05, 0.1) is 0 Å². The molecule has 18 heavy (non-hydrogen) atoms. The molecule has 0 amide bonds. The molecule has 0 atom stereocenters. The van der Waals surface area contributed by atoms with Crippen molar-refractivity contribution in [1.29, 1.82) is 0 Å². The van der Waals surface area contributed by atoms with Crippen LogP contribution in [0.2, 0.25) is 0 Å². The Balaban J connectivity index is 2.58. The lowest BCUT2D eigenvalue weighted by Gasteiger charge is -2.09. The standard InChI is InChI=1S/C15H20O3/c1-4-5-6-9-13-10-7-8-11-14(13)17-18-15(16)12(2)3/h7-8,10-11H,2,4-6,9H2,1,3H3. The van der Waals surface area contributed by atoms with Gasteiger partial charge in [-0.25, -0.2) is 9.68 Å².